The first-order valence-corrected chi connectivity index (χ1v) is 6.53. The lowest BCUT2D eigenvalue weighted by Crippen LogP contribution is -2.39. The summed E-state index contributed by atoms with van der Waals surface area (Å²) in [5, 5.41) is 29.1. The first-order valence-electron chi connectivity index (χ1n) is 6.53. The summed E-state index contributed by atoms with van der Waals surface area (Å²) in [6.07, 6.45) is -2.09. The number of aliphatic hydroxyl groups is 3. The highest BCUT2D eigenvalue weighted by Gasteiger charge is 2.47. The van der Waals surface area contributed by atoms with Gasteiger partial charge in [-0.25, -0.2) is 0 Å². The average molecular weight is 267 g/mol. The normalized spacial score (nSPS) is 34.6. The molecule has 1 fully saturated rings. The van der Waals surface area contributed by atoms with Crippen molar-refractivity contribution in [3.63, 3.8) is 0 Å². The predicted molar refractivity (Wildman–Crippen MR) is 70.2 cm³/mol. The van der Waals surface area contributed by atoms with Gasteiger partial charge in [-0.05, 0) is 12.0 Å². The Hall–Kier alpha value is -0.980. The van der Waals surface area contributed by atoms with Crippen molar-refractivity contribution >= 4 is 0 Å². The number of aliphatic hydroxyl groups excluding tert-OH is 3. The smallest absolute Gasteiger partial charge is 0.111 e. The molecule has 0 aliphatic heterocycles. The molecule has 0 spiro atoms. The summed E-state index contributed by atoms with van der Waals surface area (Å²) in [6.45, 7) is 0.256. The maximum absolute atomic E-state index is 10.1. The van der Waals surface area contributed by atoms with Crippen LogP contribution in [0, 0.1) is 5.92 Å². The molecule has 5 atom stereocenters. The van der Waals surface area contributed by atoms with Gasteiger partial charge < -0.3 is 25.8 Å². The Kier molecular flexibility index (Phi) is 4.90. The topological polar surface area (TPSA) is 95.9 Å². The van der Waals surface area contributed by atoms with Crippen LogP contribution in [0.3, 0.4) is 0 Å². The van der Waals surface area contributed by atoms with Crippen molar-refractivity contribution in [3.05, 3.63) is 35.9 Å². The molecule has 5 heteroatoms. The third-order valence-electron chi connectivity index (χ3n) is 3.75. The van der Waals surface area contributed by atoms with Crippen LogP contribution in [-0.2, 0) is 11.3 Å². The molecule has 5 N–H and O–H groups in total. The number of ether oxygens (including phenoxy) is 1. The van der Waals surface area contributed by atoms with Crippen molar-refractivity contribution in [2.75, 3.05) is 6.61 Å². The molecule has 0 unspecified atom stereocenters. The predicted octanol–water partition coefficient (Wildman–Crippen LogP) is -0.367. The fourth-order valence-electron chi connectivity index (χ4n) is 2.62. The van der Waals surface area contributed by atoms with E-state index < -0.39 is 24.4 Å². The van der Waals surface area contributed by atoms with Gasteiger partial charge >= 0.3 is 0 Å². The monoisotopic (exact) mass is 267 g/mol. The summed E-state index contributed by atoms with van der Waals surface area (Å²) in [7, 11) is 0. The van der Waals surface area contributed by atoms with Crippen molar-refractivity contribution < 1.29 is 20.1 Å². The maximum atomic E-state index is 10.1. The van der Waals surface area contributed by atoms with Crippen LogP contribution in [0.25, 0.3) is 0 Å². The van der Waals surface area contributed by atoms with E-state index in [1.807, 2.05) is 30.3 Å². The van der Waals surface area contributed by atoms with Crippen molar-refractivity contribution in [1.82, 2.24) is 0 Å². The lowest BCUT2D eigenvalue weighted by molar-refractivity contribution is -0.0823. The molecule has 1 aromatic rings. The SMILES string of the molecule is N[C@@H]1[C@H](O)[C@@H](OCc2ccccc2)[C@@H](O)[C@@H]1CCO. The van der Waals surface area contributed by atoms with E-state index in [0.29, 0.717) is 13.0 Å². The molecule has 106 valence electrons. The maximum Gasteiger partial charge on any atom is 0.111 e. The number of benzene rings is 1. The largest absolute Gasteiger partial charge is 0.396 e. The van der Waals surface area contributed by atoms with Gasteiger partial charge in [0.25, 0.3) is 0 Å². The third-order valence-corrected chi connectivity index (χ3v) is 3.75. The fourth-order valence-corrected chi connectivity index (χ4v) is 2.62. The zero-order valence-corrected chi connectivity index (χ0v) is 10.7. The minimum absolute atomic E-state index is 0.0620. The van der Waals surface area contributed by atoms with Crippen molar-refractivity contribution in [2.24, 2.45) is 11.7 Å². The molecule has 19 heavy (non-hydrogen) atoms. The Labute approximate surface area is 112 Å². The van der Waals surface area contributed by atoms with Crippen molar-refractivity contribution in [3.8, 4) is 0 Å². The number of hydrogen-bond acceptors (Lipinski definition) is 5. The van der Waals surface area contributed by atoms with Gasteiger partial charge in [0.15, 0.2) is 0 Å². The van der Waals surface area contributed by atoms with Crippen LogP contribution in [0.5, 0.6) is 0 Å². The van der Waals surface area contributed by atoms with Gasteiger partial charge in [-0.1, -0.05) is 30.3 Å². The second-order valence-electron chi connectivity index (χ2n) is 5.00. The summed E-state index contributed by atoms with van der Waals surface area (Å²) < 4.78 is 5.60. The zero-order valence-electron chi connectivity index (χ0n) is 10.7. The number of nitrogens with two attached hydrogens (primary N) is 1. The van der Waals surface area contributed by atoms with Gasteiger partial charge in [0, 0.05) is 18.6 Å². The van der Waals surface area contributed by atoms with Gasteiger partial charge in [-0.2, -0.15) is 0 Å². The Morgan fingerprint density at radius 2 is 1.79 bits per heavy atom. The average Bonchev–Trinajstić information content (AvgIpc) is 2.63. The van der Waals surface area contributed by atoms with Crippen molar-refractivity contribution in [2.45, 2.75) is 37.4 Å². The number of hydrogen-bond donors (Lipinski definition) is 4. The molecule has 0 bridgehead atoms. The minimum Gasteiger partial charge on any atom is -0.396 e. The van der Waals surface area contributed by atoms with E-state index in [4.69, 9.17) is 15.6 Å². The van der Waals surface area contributed by atoms with Crippen LogP contribution < -0.4 is 5.73 Å². The highest BCUT2D eigenvalue weighted by atomic mass is 16.5. The highest BCUT2D eigenvalue weighted by molar-refractivity contribution is 5.13. The summed E-state index contributed by atoms with van der Waals surface area (Å²) in [6, 6.07) is 8.98. The third kappa shape index (κ3) is 3.13. The van der Waals surface area contributed by atoms with E-state index in [2.05, 4.69) is 0 Å². The fraction of sp³-hybridized carbons (Fsp3) is 0.571. The molecule has 2 rings (SSSR count). The summed E-state index contributed by atoms with van der Waals surface area (Å²) >= 11 is 0. The summed E-state index contributed by atoms with van der Waals surface area (Å²) in [5.41, 5.74) is 6.83. The van der Waals surface area contributed by atoms with Crippen LogP contribution in [0.1, 0.15) is 12.0 Å². The standard InChI is InChI=1S/C14H21NO4/c15-11-10(6-7-16)12(17)14(13(11)18)19-8-9-4-2-1-3-5-9/h1-5,10-14,16-18H,6-8,15H2/t10-,11+,12+,13+,14+/m1/s1. The highest BCUT2D eigenvalue weighted by Crippen LogP contribution is 2.31. The molecule has 1 aliphatic carbocycles. The molecule has 0 amide bonds. The van der Waals surface area contributed by atoms with Crippen LogP contribution in [-0.4, -0.2) is 46.3 Å². The molecule has 1 saturated carbocycles. The molecular formula is C14H21NO4. The van der Waals surface area contributed by atoms with Gasteiger partial charge in [0.1, 0.15) is 6.10 Å². The minimum atomic E-state index is -0.907. The molecule has 0 radical (unpaired) electrons. The molecule has 0 heterocycles. The number of rotatable bonds is 5. The van der Waals surface area contributed by atoms with Crippen LogP contribution in [0.4, 0.5) is 0 Å². The molecule has 1 aliphatic rings. The van der Waals surface area contributed by atoms with Gasteiger partial charge in [-0.15, -0.1) is 0 Å². The van der Waals surface area contributed by atoms with Crippen LogP contribution in [0.15, 0.2) is 30.3 Å². The molecular weight excluding hydrogens is 246 g/mol. The van der Waals surface area contributed by atoms with Crippen LogP contribution in [0.2, 0.25) is 0 Å². The van der Waals surface area contributed by atoms with E-state index in [1.54, 1.807) is 0 Å². The Balaban J connectivity index is 1.96. The Bertz CT molecular complexity index is 386. The Morgan fingerprint density at radius 3 is 2.42 bits per heavy atom. The Morgan fingerprint density at radius 1 is 1.11 bits per heavy atom. The second kappa shape index (κ2) is 6.45. The van der Waals surface area contributed by atoms with Gasteiger partial charge in [0.05, 0.1) is 18.8 Å². The molecule has 0 saturated heterocycles. The summed E-state index contributed by atoms with van der Waals surface area (Å²) in [4.78, 5) is 0. The van der Waals surface area contributed by atoms with E-state index >= 15 is 0 Å². The first-order chi connectivity index (χ1) is 9.15. The molecule has 5 nitrogen and oxygen atoms in total. The van der Waals surface area contributed by atoms with E-state index in [1.165, 1.54) is 0 Å². The zero-order chi connectivity index (χ0) is 13.8. The lowest BCUT2D eigenvalue weighted by atomic mass is 9.98. The van der Waals surface area contributed by atoms with Crippen LogP contribution >= 0.6 is 0 Å². The van der Waals surface area contributed by atoms with E-state index in [-0.39, 0.29) is 12.5 Å². The quantitative estimate of drug-likeness (QED) is 0.584. The van der Waals surface area contributed by atoms with E-state index in [0.717, 1.165) is 5.56 Å². The lowest BCUT2D eigenvalue weighted by Gasteiger charge is -2.20. The van der Waals surface area contributed by atoms with Gasteiger partial charge in [0.2, 0.25) is 0 Å². The summed E-state index contributed by atoms with van der Waals surface area (Å²) in [5.74, 6) is -0.333. The second-order valence-corrected chi connectivity index (χ2v) is 5.00. The van der Waals surface area contributed by atoms with E-state index in [9.17, 15) is 10.2 Å². The first kappa shape index (κ1) is 14.4. The van der Waals surface area contributed by atoms with Crippen molar-refractivity contribution in [1.29, 1.82) is 0 Å². The molecule has 1 aromatic carbocycles. The molecule has 0 aromatic heterocycles. The van der Waals surface area contributed by atoms with Gasteiger partial charge in [-0.3, -0.25) is 0 Å².